The molecule has 1 aliphatic heterocycles. The van der Waals surface area contributed by atoms with Gasteiger partial charge in [-0.05, 0) is 38.1 Å². The molecule has 2 atom stereocenters. The highest BCUT2D eigenvalue weighted by molar-refractivity contribution is 5.27. The molecule has 1 heterocycles. The van der Waals surface area contributed by atoms with Crippen molar-refractivity contribution in [1.29, 1.82) is 0 Å². The lowest BCUT2D eigenvalue weighted by Gasteiger charge is -2.43. The lowest BCUT2D eigenvalue weighted by atomic mass is 10.1. The SMILES string of the molecule is Cc1ccc(OCC(O)C[N+]2(CC(O)COc3ccc(C)cc3)CCNCC2)cc1. The number of aryl methyl sites for hydroxylation is 2. The Morgan fingerprint density at radius 2 is 1.17 bits per heavy atom. The van der Waals surface area contributed by atoms with Gasteiger partial charge in [0.1, 0.15) is 50.0 Å². The lowest BCUT2D eigenvalue weighted by molar-refractivity contribution is -0.935. The van der Waals surface area contributed by atoms with E-state index in [-0.39, 0.29) is 13.2 Å². The number of hydrogen-bond donors (Lipinski definition) is 3. The summed E-state index contributed by atoms with van der Waals surface area (Å²) in [5.74, 6) is 1.52. The Bertz CT molecular complexity index is 698. The Balaban J connectivity index is 1.52. The van der Waals surface area contributed by atoms with Crippen molar-refractivity contribution in [2.75, 3.05) is 52.5 Å². The summed E-state index contributed by atoms with van der Waals surface area (Å²) in [5.41, 5.74) is 2.35. The highest BCUT2D eigenvalue weighted by atomic mass is 16.5. The zero-order valence-electron chi connectivity index (χ0n) is 18.1. The molecule has 6 heteroatoms. The molecule has 0 amide bonds. The number of benzene rings is 2. The molecule has 30 heavy (non-hydrogen) atoms. The molecule has 2 unspecified atom stereocenters. The first-order valence-corrected chi connectivity index (χ1v) is 10.7. The van der Waals surface area contributed by atoms with Crippen LogP contribution in [0.3, 0.4) is 0 Å². The molecule has 3 rings (SSSR count). The van der Waals surface area contributed by atoms with Crippen molar-refractivity contribution in [3.63, 3.8) is 0 Å². The molecule has 1 saturated heterocycles. The maximum atomic E-state index is 10.7. The van der Waals surface area contributed by atoms with Crippen LogP contribution in [0.2, 0.25) is 0 Å². The Morgan fingerprint density at radius 3 is 1.57 bits per heavy atom. The summed E-state index contributed by atoms with van der Waals surface area (Å²) in [6, 6.07) is 15.7. The summed E-state index contributed by atoms with van der Waals surface area (Å²) in [6.07, 6.45) is -1.20. The largest absolute Gasteiger partial charge is 0.491 e. The van der Waals surface area contributed by atoms with Crippen molar-refractivity contribution < 1.29 is 24.2 Å². The maximum Gasteiger partial charge on any atom is 0.137 e. The molecule has 0 spiro atoms. The number of nitrogens with zero attached hydrogens (tertiary/aromatic N) is 1. The summed E-state index contributed by atoms with van der Waals surface area (Å²) in [6.45, 7) is 9.12. The molecular formula is C24H35N2O4+. The number of ether oxygens (including phenoxy) is 2. The molecule has 3 N–H and O–H groups in total. The van der Waals surface area contributed by atoms with Gasteiger partial charge in [0.15, 0.2) is 0 Å². The average molecular weight is 416 g/mol. The van der Waals surface area contributed by atoms with Crippen LogP contribution in [0.4, 0.5) is 0 Å². The van der Waals surface area contributed by atoms with Crippen molar-refractivity contribution in [3.05, 3.63) is 59.7 Å². The van der Waals surface area contributed by atoms with Crippen LogP contribution in [-0.2, 0) is 0 Å². The average Bonchev–Trinajstić information content (AvgIpc) is 2.73. The van der Waals surface area contributed by atoms with Gasteiger partial charge in [-0.1, -0.05) is 35.4 Å². The number of piperazine rings is 1. The first-order valence-electron chi connectivity index (χ1n) is 10.7. The predicted octanol–water partition coefficient (Wildman–Crippen LogP) is 1.90. The van der Waals surface area contributed by atoms with Crippen LogP contribution < -0.4 is 14.8 Å². The number of rotatable bonds is 10. The van der Waals surface area contributed by atoms with Gasteiger partial charge >= 0.3 is 0 Å². The van der Waals surface area contributed by atoms with Crippen molar-refractivity contribution >= 4 is 0 Å². The Labute approximate surface area is 179 Å². The van der Waals surface area contributed by atoms with E-state index in [9.17, 15) is 10.2 Å². The van der Waals surface area contributed by atoms with Crippen molar-refractivity contribution in [3.8, 4) is 11.5 Å². The smallest absolute Gasteiger partial charge is 0.137 e. The topological polar surface area (TPSA) is 71.0 Å². The zero-order chi connectivity index (χ0) is 21.4. The third-order valence-corrected chi connectivity index (χ3v) is 5.65. The Morgan fingerprint density at radius 1 is 0.767 bits per heavy atom. The van der Waals surface area contributed by atoms with Gasteiger partial charge in [-0.25, -0.2) is 0 Å². The summed E-state index contributed by atoms with van der Waals surface area (Å²) in [7, 11) is 0. The van der Waals surface area contributed by atoms with Crippen LogP contribution in [-0.4, -0.2) is 79.4 Å². The van der Waals surface area contributed by atoms with Crippen LogP contribution in [0.25, 0.3) is 0 Å². The minimum Gasteiger partial charge on any atom is -0.491 e. The first-order chi connectivity index (χ1) is 14.4. The summed E-state index contributed by atoms with van der Waals surface area (Å²) >= 11 is 0. The summed E-state index contributed by atoms with van der Waals surface area (Å²) in [5, 5.41) is 24.7. The highest BCUT2D eigenvalue weighted by Gasteiger charge is 2.35. The maximum absolute atomic E-state index is 10.7. The second kappa shape index (κ2) is 10.8. The molecule has 1 fully saturated rings. The molecule has 164 valence electrons. The fourth-order valence-electron chi connectivity index (χ4n) is 3.96. The normalized spacial score (nSPS) is 17.9. The monoisotopic (exact) mass is 415 g/mol. The van der Waals surface area contributed by atoms with Gasteiger partial charge in [0.05, 0.1) is 13.1 Å². The molecule has 0 radical (unpaired) electrons. The first kappa shape index (κ1) is 22.6. The minimum atomic E-state index is -0.602. The Hall–Kier alpha value is -2.12. The molecule has 0 aliphatic carbocycles. The van der Waals surface area contributed by atoms with E-state index in [4.69, 9.17) is 9.47 Å². The van der Waals surface area contributed by atoms with E-state index in [0.29, 0.717) is 17.6 Å². The van der Waals surface area contributed by atoms with Crippen LogP contribution in [0.5, 0.6) is 11.5 Å². The zero-order valence-corrected chi connectivity index (χ0v) is 18.1. The molecule has 0 bridgehead atoms. The van der Waals surface area contributed by atoms with Gasteiger partial charge in [0, 0.05) is 13.1 Å². The predicted molar refractivity (Wildman–Crippen MR) is 118 cm³/mol. The van der Waals surface area contributed by atoms with Crippen LogP contribution in [0.1, 0.15) is 11.1 Å². The summed E-state index contributed by atoms with van der Waals surface area (Å²) < 4.78 is 12.2. The molecule has 6 nitrogen and oxygen atoms in total. The number of aliphatic hydroxyl groups is 2. The number of quaternary nitrogens is 1. The van der Waals surface area contributed by atoms with Gasteiger partial charge in [-0.2, -0.15) is 0 Å². The second-order valence-corrected chi connectivity index (χ2v) is 8.46. The van der Waals surface area contributed by atoms with Gasteiger partial charge in [0.25, 0.3) is 0 Å². The van der Waals surface area contributed by atoms with E-state index in [1.165, 1.54) is 11.1 Å². The van der Waals surface area contributed by atoms with Crippen LogP contribution in [0, 0.1) is 13.8 Å². The Kier molecular flexibility index (Phi) is 8.10. The molecule has 1 aliphatic rings. The number of hydrogen-bond acceptors (Lipinski definition) is 5. The lowest BCUT2D eigenvalue weighted by Crippen LogP contribution is -2.64. The van der Waals surface area contributed by atoms with Crippen molar-refractivity contribution in [1.82, 2.24) is 5.32 Å². The van der Waals surface area contributed by atoms with E-state index < -0.39 is 12.2 Å². The molecular weight excluding hydrogens is 380 g/mol. The van der Waals surface area contributed by atoms with Crippen molar-refractivity contribution in [2.24, 2.45) is 0 Å². The third-order valence-electron chi connectivity index (χ3n) is 5.65. The fourth-order valence-corrected chi connectivity index (χ4v) is 3.96. The number of nitrogens with one attached hydrogen (secondary N) is 1. The van der Waals surface area contributed by atoms with Gasteiger partial charge < -0.3 is 29.5 Å². The molecule has 0 saturated carbocycles. The summed E-state index contributed by atoms with van der Waals surface area (Å²) in [4.78, 5) is 0. The van der Waals surface area contributed by atoms with E-state index in [2.05, 4.69) is 5.32 Å². The number of aliphatic hydroxyl groups excluding tert-OH is 2. The van der Waals surface area contributed by atoms with Crippen LogP contribution >= 0.6 is 0 Å². The third kappa shape index (κ3) is 6.99. The molecule has 2 aromatic rings. The quantitative estimate of drug-likeness (QED) is 0.517. The molecule has 2 aromatic carbocycles. The molecule has 0 aromatic heterocycles. The minimum absolute atomic E-state index is 0.243. The van der Waals surface area contributed by atoms with E-state index in [1.807, 2.05) is 62.4 Å². The fraction of sp³-hybridized carbons (Fsp3) is 0.500. The highest BCUT2D eigenvalue weighted by Crippen LogP contribution is 2.16. The standard InChI is InChI=1S/C24H35N2O4/c1-19-3-7-23(8-4-19)29-17-21(27)15-26(13-11-25-12-14-26)16-22(28)18-30-24-9-5-20(2)6-10-24/h3-10,21-22,25,27-28H,11-18H2,1-2H3/q+1. The van der Waals surface area contributed by atoms with Gasteiger partial charge in [-0.15, -0.1) is 0 Å². The van der Waals surface area contributed by atoms with Gasteiger partial charge in [0.2, 0.25) is 0 Å². The van der Waals surface area contributed by atoms with Gasteiger partial charge in [-0.3, -0.25) is 0 Å². The van der Waals surface area contributed by atoms with Crippen LogP contribution in [0.15, 0.2) is 48.5 Å². The van der Waals surface area contributed by atoms with Crippen molar-refractivity contribution in [2.45, 2.75) is 26.1 Å². The van der Waals surface area contributed by atoms with E-state index >= 15 is 0 Å². The second-order valence-electron chi connectivity index (χ2n) is 8.46. The van der Waals surface area contributed by atoms with E-state index in [1.54, 1.807) is 0 Å². The van der Waals surface area contributed by atoms with E-state index in [0.717, 1.165) is 37.7 Å².